The minimum Gasteiger partial charge on any atom is -0.308 e. The summed E-state index contributed by atoms with van der Waals surface area (Å²) in [5.74, 6) is 2.68. The smallest absolute Gasteiger partial charge is 0.0599 e. The monoisotopic (exact) mass is 168 g/mol. The SMILES string of the molecule is C#CCN(CCC)CCN(C)C. The van der Waals surface area contributed by atoms with Crippen LogP contribution in [0.5, 0.6) is 0 Å². The van der Waals surface area contributed by atoms with E-state index in [4.69, 9.17) is 6.42 Å². The lowest BCUT2D eigenvalue weighted by Gasteiger charge is -2.20. The van der Waals surface area contributed by atoms with Crippen LogP contribution in [0.3, 0.4) is 0 Å². The Labute approximate surface area is 76.5 Å². The van der Waals surface area contributed by atoms with Crippen LogP contribution in [0.1, 0.15) is 13.3 Å². The molecule has 0 atom stereocenters. The first-order chi connectivity index (χ1) is 5.70. The predicted molar refractivity (Wildman–Crippen MR) is 54.1 cm³/mol. The van der Waals surface area contributed by atoms with Gasteiger partial charge in [0.2, 0.25) is 0 Å². The molecule has 0 aliphatic carbocycles. The van der Waals surface area contributed by atoms with Crippen LogP contribution in [0.15, 0.2) is 0 Å². The van der Waals surface area contributed by atoms with Gasteiger partial charge in [-0.1, -0.05) is 12.8 Å². The molecule has 0 heterocycles. The summed E-state index contributed by atoms with van der Waals surface area (Å²) >= 11 is 0. The number of hydrogen-bond donors (Lipinski definition) is 0. The fourth-order valence-electron chi connectivity index (χ4n) is 1.06. The molecular weight excluding hydrogens is 148 g/mol. The summed E-state index contributed by atoms with van der Waals surface area (Å²) in [6.07, 6.45) is 6.44. The molecule has 0 radical (unpaired) electrons. The first-order valence-electron chi connectivity index (χ1n) is 4.51. The van der Waals surface area contributed by atoms with Gasteiger partial charge in [-0.05, 0) is 27.1 Å². The van der Waals surface area contributed by atoms with Crippen LogP contribution in [0.4, 0.5) is 0 Å². The molecule has 0 saturated heterocycles. The van der Waals surface area contributed by atoms with Gasteiger partial charge in [-0.25, -0.2) is 0 Å². The van der Waals surface area contributed by atoms with Crippen molar-refractivity contribution in [3.05, 3.63) is 0 Å². The largest absolute Gasteiger partial charge is 0.308 e. The van der Waals surface area contributed by atoms with E-state index in [0.29, 0.717) is 0 Å². The molecule has 2 heteroatoms. The third-order valence-corrected chi connectivity index (χ3v) is 1.72. The molecule has 0 fully saturated rings. The van der Waals surface area contributed by atoms with Gasteiger partial charge < -0.3 is 4.90 Å². The van der Waals surface area contributed by atoms with E-state index in [9.17, 15) is 0 Å². The minimum atomic E-state index is 0.779. The lowest BCUT2D eigenvalue weighted by Crippen LogP contribution is -2.32. The number of likely N-dealkylation sites (N-methyl/N-ethyl adjacent to an activating group) is 1. The highest BCUT2D eigenvalue weighted by atomic mass is 15.2. The molecule has 0 aromatic heterocycles. The second-order valence-electron chi connectivity index (χ2n) is 3.28. The Morgan fingerprint density at radius 1 is 1.17 bits per heavy atom. The van der Waals surface area contributed by atoms with Gasteiger partial charge in [0.15, 0.2) is 0 Å². The van der Waals surface area contributed by atoms with E-state index in [1.165, 1.54) is 6.42 Å². The van der Waals surface area contributed by atoms with E-state index < -0.39 is 0 Å². The number of nitrogens with zero attached hydrogens (tertiary/aromatic N) is 2. The molecule has 0 spiro atoms. The second-order valence-corrected chi connectivity index (χ2v) is 3.28. The summed E-state index contributed by atoms with van der Waals surface area (Å²) in [5, 5.41) is 0. The Bertz CT molecular complexity index is 135. The molecule has 12 heavy (non-hydrogen) atoms. The van der Waals surface area contributed by atoms with Crippen molar-refractivity contribution in [2.24, 2.45) is 0 Å². The minimum absolute atomic E-state index is 0.779. The lowest BCUT2D eigenvalue weighted by atomic mass is 10.4. The van der Waals surface area contributed by atoms with Crippen LogP contribution >= 0.6 is 0 Å². The van der Waals surface area contributed by atoms with Gasteiger partial charge in [-0.15, -0.1) is 6.42 Å². The maximum atomic E-state index is 5.26. The first-order valence-corrected chi connectivity index (χ1v) is 4.51. The Hall–Kier alpha value is -0.520. The Kier molecular flexibility index (Phi) is 6.84. The highest BCUT2D eigenvalue weighted by Crippen LogP contribution is 1.90. The summed E-state index contributed by atoms with van der Waals surface area (Å²) in [4.78, 5) is 4.49. The number of terminal acetylenes is 1. The summed E-state index contributed by atoms with van der Waals surface area (Å²) in [5.41, 5.74) is 0. The Morgan fingerprint density at radius 2 is 1.83 bits per heavy atom. The molecule has 0 unspecified atom stereocenters. The highest BCUT2D eigenvalue weighted by Gasteiger charge is 2.01. The van der Waals surface area contributed by atoms with Gasteiger partial charge in [-0.2, -0.15) is 0 Å². The van der Waals surface area contributed by atoms with E-state index in [0.717, 1.165) is 26.2 Å². The molecule has 2 nitrogen and oxygen atoms in total. The standard InChI is InChI=1S/C10H20N2/c1-5-7-12(8-6-2)10-9-11(3)4/h1H,6-10H2,2-4H3. The van der Waals surface area contributed by atoms with Gasteiger partial charge >= 0.3 is 0 Å². The van der Waals surface area contributed by atoms with E-state index >= 15 is 0 Å². The van der Waals surface area contributed by atoms with E-state index in [1.54, 1.807) is 0 Å². The molecular formula is C10H20N2. The molecule has 0 rings (SSSR count). The molecule has 0 aromatic rings. The summed E-state index contributed by atoms with van der Waals surface area (Å²) in [7, 11) is 4.17. The zero-order valence-electron chi connectivity index (χ0n) is 8.51. The van der Waals surface area contributed by atoms with Crippen LogP contribution < -0.4 is 0 Å². The van der Waals surface area contributed by atoms with Crippen LogP contribution in [0.2, 0.25) is 0 Å². The lowest BCUT2D eigenvalue weighted by molar-refractivity contribution is 0.264. The van der Waals surface area contributed by atoms with E-state index in [1.807, 2.05) is 0 Å². The van der Waals surface area contributed by atoms with E-state index in [-0.39, 0.29) is 0 Å². The molecule has 0 saturated carbocycles. The molecule has 0 amide bonds. The van der Waals surface area contributed by atoms with Crippen molar-refractivity contribution in [3.8, 4) is 12.3 Å². The van der Waals surface area contributed by atoms with Crippen molar-refractivity contribution < 1.29 is 0 Å². The fraction of sp³-hybridized carbons (Fsp3) is 0.800. The van der Waals surface area contributed by atoms with Crippen LogP contribution in [0, 0.1) is 12.3 Å². The average molecular weight is 168 g/mol. The molecule has 0 aromatic carbocycles. The van der Waals surface area contributed by atoms with Crippen molar-refractivity contribution >= 4 is 0 Å². The quantitative estimate of drug-likeness (QED) is 0.544. The highest BCUT2D eigenvalue weighted by molar-refractivity contribution is 4.88. The maximum absolute atomic E-state index is 5.26. The average Bonchev–Trinajstić information content (AvgIpc) is 2.01. The molecule has 70 valence electrons. The van der Waals surface area contributed by atoms with E-state index in [2.05, 4.69) is 36.7 Å². The maximum Gasteiger partial charge on any atom is 0.0599 e. The summed E-state index contributed by atoms with van der Waals surface area (Å²) in [6, 6.07) is 0. The Balaban J connectivity index is 3.56. The summed E-state index contributed by atoms with van der Waals surface area (Å²) in [6.45, 7) is 6.23. The predicted octanol–water partition coefficient (Wildman–Crippen LogP) is 0.893. The molecule has 0 bridgehead atoms. The third-order valence-electron chi connectivity index (χ3n) is 1.72. The fourth-order valence-corrected chi connectivity index (χ4v) is 1.06. The van der Waals surface area contributed by atoms with Crippen molar-refractivity contribution in [2.75, 3.05) is 40.3 Å². The summed E-state index contributed by atoms with van der Waals surface area (Å²) < 4.78 is 0. The van der Waals surface area contributed by atoms with Crippen LogP contribution in [-0.2, 0) is 0 Å². The zero-order valence-corrected chi connectivity index (χ0v) is 8.51. The first kappa shape index (κ1) is 11.5. The van der Waals surface area contributed by atoms with Crippen molar-refractivity contribution in [3.63, 3.8) is 0 Å². The topological polar surface area (TPSA) is 6.48 Å². The van der Waals surface area contributed by atoms with Crippen molar-refractivity contribution in [1.29, 1.82) is 0 Å². The van der Waals surface area contributed by atoms with Gasteiger partial charge in [0.05, 0.1) is 6.54 Å². The molecule has 0 N–H and O–H groups in total. The number of rotatable bonds is 6. The third kappa shape index (κ3) is 6.21. The van der Waals surface area contributed by atoms with Crippen molar-refractivity contribution in [1.82, 2.24) is 9.80 Å². The van der Waals surface area contributed by atoms with Crippen molar-refractivity contribution in [2.45, 2.75) is 13.3 Å². The molecule has 0 aliphatic heterocycles. The molecule has 0 aliphatic rings. The van der Waals surface area contributed by atoms with Gasteiger partial charge in [0, 0.05) is 13.1 Å². The Morgan fingerprint density at radius 3 is 2.25 bits per heavy atom. The van der Waals surface area contributed by atoms with Gasteiger partial charge in [0.1, 0.15) is 0 Å². The number of hydrogen-bond acceptors (Lipinski definition) is 2. The normalized spacial score (nSPS) is 10.7. The van der Waals surface area contributed by atoms with Crippen LogP contribution in [-0.4, -0.2) is 50.1 Å². The van der Waals surface area contributed by atoms with Gasteiger partial charge in [0.25, 0.3) is 0 Å². The van der Waals surface area contributed by atoms with Gasteiger partial charge in [-0.3, -0.25) is 4.90 Å². The zero-order chi connectivity index (χ0) is 9.40. The second kappa shape index (κ2) is 7.15. The van der Waals surface area contributed by atoms with Crippen LogP contribution in [0.25, 0.3) is 0 Å².